The molecule has 130 valence electrons. The van der Waals surface area contributed by atoms with Gasteiger partial charge in [-0.1, -0.05) is 0 Å². The first-order chi connectivity index (χ1) is 12.0. The van der Waals surface area contributed by atoms with Crippen molar-refractivity contribution in [2.45, 2.75) is 0 Å². The van der Waals surface area contributed by atoms with E-state index in [-0.39, 0.29) is 12.5 Å². The molecule has 0 aliphatic carbocycles. The number of nitrogens with zero attached hydrogens (tertiary/aromatic N) is 2. The molecule has 0 N–H and O–H groups in total. The van der Waals surface area contributed by atoms with Gasteiger partial charge in [-0.2, -0.15) is 0 Å². The van der Waals surface area contributed by atoms with Gasteiger partial charge in [-0.15, -0.1) is 0 Å². The van der Waals surface area contributed by atoms with Crippen molar-refractivity contribution in [3.63, 3.8) is 0 Å². The Morgan fingerprint density at radius 1 is 1.04 bits per heavy atom. The maximum Gasteiger partial charge on any atom is 0.257 e. The lowest BCUT2D eigenvalue weighted by molar-refractivity contribution is -0.115. The number of ether oxygens (including phenoxy) is 2. The molecule has 1 amide bonds. The summed E-state index contributed by atoms with van der Waals surface area (Å²) >= 11 is 0. The monoisotopic (exact) mass is 338 g/mol. The Balaban J connectivity index is 1.81. The van der Waals surface area contributed by atoms with Gasteiger partial charge in [0.05, 0.1) is 12.7 Å². The lowest BCUT2D eigenvalue weighted by Gasteiger charge is -2.23. The van der Waals surface area contributed by atoms with E-state index >= 15 is 0 Å². The second kappa shape index (κ2) is 6.89. The summed E-state index contributed by atoms with van der Waals surface area (Å²) in [6, 6.07) is 13.4. The highest BCUT2D eigenvalue weighted by atomic mass is 16.5. The molecule has 0 spiro atoms. The molecule has 1 heterocycles. The first-order valence-corrected chi connectivity index (χ1v) is 8.06. The zero-order chi connectivity index (χ0) is 18.0. The van der Waals surface area contributed by atoms with E-state index in [9.17, 15) is 4.79 Å². The highest BCUT2D eigenvalue weighted by Crippen LogP contribution is 2.31. The topological polar surface area (TPSA) is 42.0 Å². The summed E-state index contributed by atoms with van der Waals surface area (Å²) in [4.78, 5) is 16.5. The number of carbonyl (C=O) groups excluding carboxylic acids is 1. The lowest BCUT2D eigenvalue weighted by Crippen LogP contribution is -2.30. The molecular weight excluding hydrogens is 316 g/mol. The van der Waals surface area contributed by atoms with Crippen molar-refractivity contribution in [1.82, 2.24) is 0 Å². The van der Waals surface area contributed by atoms with Crippen molar-refractivity contribution >= 4 is 23.4 Å². The fraction of sp³-hybridized carbons (Fsp3) is 0.250. The van der Waals surface area contributed by atoms with Crippen molar-refractivity contribution in [3.8, 4) is 11.5 Å². The molecule has 5 heteroatoms. The number of fused-ring (bicyclic) bond motifs is 1. The lowest BCUT2D eigenvalue weighted by atomic mass is 10.1. The molecule has 2 aromatic carbocycles. The number of hydrogen-bond acceptors (Lipinski definition) is 4. The Morgan fingerprint density at radius 2 is 1.72 bits per heavy atom. The quantitative estimate of drug-likeness (QED) is 0.858. The van der Waals surface area contributed by atoms with Gasteiger partial charge in [0, 0.05) is 44.1 Å². The highest BCUT2D eigenvalue weighted by molar-refractivity contribution is 6.08. The summed E-state index contributed by atoms with van der Waals surface area (Å²) < 4.78 is 10.9. The van der Waals surface area contributed by atoms with E-state index in [1.54, 1.807) is 19.1 Å². The van der Waals surface area contributed by atoms with Gasteiger partial charge in [0.1, 0.15) is 18.1 Å². The summed E-state index contributed by atoms with van der Waals surface area (Å²) in [6.07, 6.45) is 1.88. The fourth-order valence-corrected chi connectivity index (χ4v) is 2.70. The number of amides is 1. The normalized spacial score (nSPS) is 12.6. The molecule has 0 saturated carbocycles. The highest BCUT2D eigenvalue weighted by Gasteiger charge is 2.21. The molecule has 0 unspecified atom stereocenters. The van der Waals surface area contributed by atoms with Crippen molar-refractivity contribution in [2.75, 3.05) is 44.7 Å². The van der Waals surface area contributed by atoms with Gasteiger partial charge in [-0.3, -0.25) is 4.79 Å². The number of benzene rings is 2. The maximum absolute atomic E-state index is 12.8. The van der Waals surface area contributed by atoms with Crippen LogP contribution < -0.4 is 19.3 Å². The van der Waals surface area contributed by atoms with Crippen LogP contribution in [0.2, 0.25) is 0 Å². The van der Waals surface area contributed by atoms with E-state index in [1.165, 1.54) is 0 Å². The first kappa shape index (κ1) is 16.9. The molecule has 25 heavy (non-hydrogen) atoms. The Kier molecular flexibility index (Phi) is 4.65. The molecule has 0 radical (unpaired) electrons. The summed E-state index contributed by atoms with van der Waals surface area (Å²) in [5, 5.41) is 0. The second-order valence-electron chi connectivity index (χ2n) is 6.14. The molecule has 5 nitrogen and oxygen atoms in total. The predicted octanol–water partition coefficient (Wildman–Crippen LogP) is 3.20. The Labute approximate surface area is 148 Å². The van der Waals surface area contributed by atoms with Gasteiger partial charge in [0.15, 0.2) is 0 Å². The smallest absolute Gasteiger partial charge is 0.257 e. The van der Waals surface area contributed by atoms with E-state index in [0.717, 1.165) is 28.4 Å². The van der Waals surface area contributed by atoms with Crippen LogP contribution in [0.5, 0.6) is 11.5 Å². The average Bonchev–Trinajstić information content (AvgIpc) is 2.66. The Hall–Kier alpha value is -2.95. The van der Waals surface area contributed by atoms with Gasteiger partial charge in [0.25, 0.3) is 5.91 Å². The molecule has 0 fully saturated rings. The SMILES string of the molecule is COc1ccc2c(c1)OCC(C(=O)N(C)c1ccc(N(C)C)cc1)=C2. The molecule has 0 bridgehead atoms. The van der Waals surface area contributed by atoms with Crippen LogP contribution in [0.15, 0.2) is 48.0 Å². The standard InChI is InChI=1S/C20H22N2O3/c1-21(2)16-6-8-17(9-7-16)22(3)20(23)15-11-14-5-10-18(24-4)12-19(14)25-13-15/h5-12H,13H2,1-4H3. The number of hydrogen-bond donors (Lipinski definition) is 0. The fourth-order valence-electron chi connectivity index (χ4n) is 2.70. The first-order valence-electron chi connectivity index (χ1n) is 8.06. The maximum atomic E-state index is 12.8. The minimum absolute atomic E-state index is 0.0703. The minimum atomic E-state index is -0.0703. The number of rotatable bonds is 4. The van der Waals surface area contributed by atoms with E-state index in [2.05, 4.69) is 0 Å². The third-order valence-electron chi connectivity index (χ3n) is 4.27. The summed E-state index contributed by atoms with van der Waals surface area (Å²) in [5.74, 6) is 1.40. The van der Waals surface area contributed by atoms with Crippen LogP contribution in [0.1, 0.15) is 5.56 Å². The number of anilines is 2. The largest absolute Gasteiger partial charge is 0.497 e. The van der Waals surface area contributed by atoms with Gasteiger partial charge >= 0.3 is 0 Å². The van der Waals surface area contributed by atoms with Gasteiger partial charge in [-0.25, -0.2) is 0 Å². The van der Waals surface area contributed by atoms with E-state index < -0.39 is 0 Å². The molecule has 2 aromatic rings. The van der Waals surface area contributed by atoms with Gasteiger partial charge < -0.3 is 19.3 Å². The predicted molar refractivity (Wildman–Crippen MR) is 101 cm³/mol. The third-order valence-corrected chi connectivity index (χ3v) is 4.27. The van der Waals surface area contributed by atoms with Crippen LogP contribution in [-0.4, -0.2) is 40.8 Å². The van der Waals surface area contributed by atoms with E-state index in [0.29, 0.717) is 5.57 Å². The molecular formula is C20H22N2O3. The molecule has 0 saturated heterocycles. The van der Waals surface area contributed by atoms with Crippen LogP contribution in [0.25, 0.3) is 6.08 Å². The number of methoxy groups -OCH3 is 1. The molecule has 1 aliphatic rings. The van der Waals surface area contributed by atoms with E-state index in [4.69, 9.17) is 9.47 Å². The van der Waals surface area contributed by atoms with Crippen LogP contribution in [0.3, 0.4) is 0 Å². The van der Waals surface area contributed by atoms with Crippen molar-refractivity contribution in [2.24, 2.45) is 0 Å². The van der Waals surface area contributed by atoms with E-state index in [1.807, 2.05) is 67.5 Å². The van der Waals surface area contributed by atoms with Crippen molar-refractivity contribution < 1.29 is 14.3 Å². The summed E-state index contributed by atoms with van der Waals surface area (Å²) in [6.45, 7) is 0.249. The molecule has 0 atom stereocenters. The average molecular weight is 338 g/mol. The Morgan fingerprint density at radius 3 is 2.36 bits per heavy atom. The Bertz CT molecular complexity index is 810. The number of carbonyl (C=O) groups is 1. The van der Waals surface area contributed by atoms with Crippen molar-refractivity contribution in [3.05, 3.63) is 53.6 Å². The molecule has 1 aliphatic heterocycles. The van der Waals surface area contributed by atoms with Gasteiger partial charge in [-0.05, 0) is 42.5 Å². The molecule has 0 aromatic heterocycles. The van der Waals surface area contributed by atoms with Crippen LogP contribution in [-0.2, 0) is 4.79 Å². The summed E-state index contributed by atoms with van der Waals surface area (Å²) in [5.41, 5.74) is 3.44. The van der Waals surface area contributed by atoms with Crippen molar-refractivity contribution in [1.29, 1.82) is 0 Å². The molecule has 3 rings (SSSR count). The summed E-state index contributed by atoms with van der Waals surface area (Å²) in [7, 11) is 7.37. The second-order valence-corrected chi connectivity index (χ2v) is 6.14. The third kappa shape index (κ3) is 3.45. The zero-order valence-electron chi connectivity index (χ0n) is 14.9. The van der Waals surface area contributed by atoms with Gasteiger partial charge in [0.2, 0.25) is 0 Å². The zero-order valence-corrected chi connectivity index (χ0v) is 14.9. The van der Waals surface area contributed by atoms with Crippen LogP contribution >= 0.6 is 0 Å². The minimum Gasteiger partial charge on any atom is -0.497 e. The van der Waals surface area contributed by atoms with Crippen LogP contribution in [0.4, 0.5) is 11.4 Å². The number of likely N-dealkylation sites (N-methyl/N-ethyl adjacent to an activating group) is 1. The van der Waals surface area contributed by atoms with Crippen LogP contribution in [0, 0.1) is 0 Å².